The fourth-order valence-corrected chi connectivity index (χ4v) is 6.63. The van der Waals surface area contributed by atoms with Gasteiger partial charge in [-0.05, 0) is 53.5 Å². The van der Waals surface area contributed by atoms with E-state index in [-0.39, 0.29) is 37.4 Å². The maximum Gasteiger partial charge on any atom is 0.259 e. The molecular weight excluding hydrogens is 450 g/mol. The molecule has 0 aromatic rings. The van der Waals surface area contributed by atoms with Gasteiger partial charge in [0.05, 0.1) is 26.5 Å². The van der Waals surface area contributed by atoms with Gasteiger partial charge in [-0.25, -0.2) is 11.2 Å². The molecule has 1 heterocycles. The molecule has 0 aromatic heterocycles. The van der Waals surface area contributed by atoms with Crippen molar-refractivity contribution in [3.63, 3.8) is 0 Å². The molecule has 186 valence electrons. The van der Waals surface area contributed by atoms with Crippen molar-refractivity contribution in [2.24, 2.45) is 0 Å². The molecule has 0 radical (unpaired) electrons. The zero-order valence-corrected chi connectivity index (χ0v) is 22.7. The van der Waals surface area contributed by atoms with Crippen molar-refractivity contribution in [1.82, 2.24) is 4.67 Å². The number of rotatable bonds is 15. The molecule has 1 saturated heterocycles. The van der Waals surface area contributed by atoms with Crippen LogP contribution in [0.25, 0.3) is 4.85 Å². The van der Waals surface area contributed by atoms with Gasteiger partial charge in [0, 0.05) is 25.4 Å². The Labute approximate surface area is 196 Å². The maximum absolute atomic E-state index is 12.5. The summed E-state index contributed by atoms with van der Waals surface area (Å²) >= 11 is 0. The lowest BCUT2D eigenvalue weighted by molar-refractivity contribution is -0.0445. The average molecular weight is 493 g/mol. The summed E-state index contributed by atoms with van der Waals surface area (Å²) in [7, 11) is -2.19. The molecule has 0 spiro atoms. The van der Waals surface area contributed by atoms with Crippen molar-refractivity contribution in [2.75, 3.05) is 53.0 Å². The zero-order valence-electron chi connectivity index (χ0n) is 20.9. The fraction of sp³-hybridized carbons (Fsp3) is 0.864. The number of ether oxygens (including phenoxy) is 3. The van der Waals surface area contributed by atoms with Crippen LogP contribution in [0.2, 0.25) is 0 Å². The monoisotopic (exact) mass is 492 g/mol. The summed E-state index contributed by atoms with van der Waals surface area (Å²) in [5, 5.41) is 0. The van der Waals surface area contributed by atoms with Crippen LogP contribution in [0.5, 0.6) is 0 Å². The van der Waals surface area contributed by atoms with Crippen molar-refractivity contribution in [2.45, 2.75) is 71.1 Å². The molecule has 32 heavy (non-hydrogen) atoms. The standard InChI is InChI=1S/C22H42N2O6P2/c1-16(2)24(17(3)4)31(28-12-11-23-7)30-22-20(18(5)15-32(9,10)25)29-19(6)21(22)27-14-13-26-8/h16-17,19-22H,5,11-15H2,1-4,6,8-10H3/t19-,20+,21-,22+,31?/m0/s1. The smallest absolute Gasteiger partial charge is 0.259 e. The molecule has 0 bridgehead atoms. The van der Waals surface area contributed by atoms with Crippen LogP contribution in [-0.2, 0) is 27.8 Å². The van der Waals surface area contributed by atoms with E-state index in [0.717, 1.165) is 5.57 Å². The summed E-state index contributed by atoms with van der Waals surface area (Å²) in [5.41, 5.74) is 0.741. The van der Waals surface area contributed by atoms with Gasteiger partial charge in [0.25, 0.3) is 8.53 Å². The lowest BCUT2D eigenvalue weighted by atomic mass is 10.0. The van der Waals surface area contributed by atoms with E-state index in [1.54, 1.807) is 20.4 Å². The van der Waals surface area contributed by atoms with Gasteiger partial charge in [-0.2, -0.15) is 0 Å². The fourth-order valence-electron chi connectivity index (χ4n) is 3.74. The molecule has 0 saturated carbocycles. The zero-order chi connectivity index (χ0) is 24.5. The Balaban J connectivity index is 3.22. The summed E-state index contributed by atoms with van der Waals surface area (Å²) in [6, 6.07) is 0.351. The van der Waals surface area contributed by atoms with Gasteiger partial charge in [-0.15, -0.1) is 0 Å². The largest absolute Gasteiger partial charge is 0.382 e. The Bertz CT molecular complexity index is 655. The second kappa shape index (κ2) is 14.1. The summed E-state index contributed by atoms with van der Waals surface area (Å²) in [6.07, 6.45) is -1.14. The summed E-state index contributed by atoms with van der Waals surface area (Å²) in [6.45, 7) is 26.5. The summed E-state index contributed by atoms with van der Waals surface area (Å²) < 4.78 is 44.9. The first kappa shape index (κ1) is 29.7. The van der Waals surface area contributed by atoms with E-state index in [1.165, 1.54) is 0 Å². The maximum atomic E-state index is 12.5. The van der Waals surface area contributed by atoms with Gasteiger partial charge in [0.15, 0.2) is 0 Å². The quantitative estimate of drug-likeness (QED) is 0.143. The highest BCUT2D eigenvalue weighted by atomic mass is 31.2. The predicted octanol–water partition coefficient (Wildman–Crippen LogP) is 4.65. The molecule has 1 aliphatic rings. The van der Waals surface area contributed by atoms with E-state index in [4.69, 9.17) is 29.8 Å². The highest BCUT2D eigenvalue weighted by molar-refractivity contribution is 7.62. The lowest BCUT2D eigenvalue weighted by Crippen LogP contribution is -2.41. The molecule has 0 amide bonds. The molecule has 1 fully saturated rings. The predicted molar refractivity (Wildman–Crippen MR) is 131 cm³/mol. The van der Waals surface area contributed by atoms with E-state index >= 15 is 0 Å². The SMILES string of the molecule is [C-]#[N+]CCOP(O[C@H]1[C@@H](OCCOC)[C@H](C)O[C@@H]1C(=C)CP(C)(C)=O)N(C(C)C)C(C)C. The molecule has 1 rings (SSSR count). The van der Waals surface area contributed by atoms with Crippen LogP contribution in [0.1, 0.15) is 34.6 Å². The Hall–Kier alpha value is -0.350. The third kappa shape index (κ3) is 9.49. The molecule has 0 aliphatic carbocycles. The van der Waals surface area contributed by atoms with Crippen LogP contribution in [-0.4, -0.2) is 94.1 Å². The van der Waals surface area contributed by atoms with Gasteiger partial charge in [-0.3, -0.25) is 0 Å². The normalized spacial score (nSPS) is 24.9. The molecule has 1 aliphatic heterocycles. The molecular formula is C22H42N2O6P2. The van der Waals surface area contributed by atoms with Crippen LogP contribution in [0, 0.1) is 6.57 Å². The van der Waals surface area contributed by atoms with Gasteiger partial charge < -0.3 is 32.7 Å². The van der Waals surface area contributed by atoms with Crippen molar-refractivity contribution in [3.05, 3.63) is 23.6 Å². The van der Waals surface area contributed by atoms with Crippen LogP contribution in [0.15, 0.2) is 12.2 Å². The van der Waals surface area contributed by atoms with E-state index in [9.17, 15) is 4.57 Å². The first-order chi connectivity index (χ1) is 14.9. The van der Waals surface area contributed by atoms with Gasteiger partial charge in [0.2, 0.25) is 6.54 Å². The molecule has 5 atom stereocenters. The minimum atomic E-state index is -2.34. The number of hydrogen-bond acceptors (Lipinski definition) is 7. The number of nitrogens with zero attached hydrogens (tertiary/aromatic N) is 2. The third-order valence-electron chi connectivity index (χ3n) is 4.89. The summed E-state index contributed by atoms with van der Waals surface area (Å²) in [4.78, 5) is 3.40. The summed E-state index contributed by atoms with van der Waals surface area (Å²) in [5.74, 6) is 0. The minimum Gasteiger partial charge on any atom is -0.382 e. The van der Waals surface area contributed by atoms with Crippen molar-refractivity contribution in [1.29, 1.82) is 0 Å². The second-order valence-corrected chi connectivity index (χ2v) is 13.9. The minimum absolute atomic E-state index is 0.176. The Kier molecular flexibility index (Phi) is 13.1. The number of hydrogen-bond donors (Lipinski definition) is 0. The molecule has 1 unspecified atom stereocenters. The third-order valence-corrected chi connectivity index (χ3v) is 8.19. The first-order valence-corrected chi connectivity index (χ1v) is 15.0. The highest BCUT2D eigenvalue weighted by Crippen LogP contribution is 2.50. The van der Waals surface area contributed by atoms with E-state index in [1.807, 2.05) is 6.92 Å². The molecule has 10 heteroatoms. The number of methoxy groups -OCH3 is 1. The van der Waals surface area contributed by atoms with Crippen molar-refractivity contribution in [3.8, 4) is 0 Å². The molecule has 8 nitrogen and oxygen atoms in total. The highest BCUT2D eigenvalue weighted by Gasteiger charge is 2.48. The Morgan fingerprint density at radius 1 is 1.19 bits per heavy atom. The van der Waals surface area contributed by atoms with Gasteiger partial charge in [-0.1, -0.05) is 6.58 Å². The Morgan fingerprint density at radius 2 is 1.81 bits per heavy atom. The van der Waals surface area contributed by atoms with E-state index in [2.05, 4.69) is 43.8 Å². The van der Waals surface area contributed by atoms with Crippen LogP contribution in [0.4, 0.5) is 0 Å². The average Bonchev–Trinajstić information content (AvgIpc) is 2.96. The van der Waals surface area contributed by atoms with Crippen LogP contribution < -0.4 is 0 Å². The second-order valence-electron chi connectivity index (χ2n) is 9.07. The first-order valence-electron chi connectivity index (χ1n) is 11.1. The van der Waals surface area contributed by atoms with Crippen LogP contribution in [0.3, 0.4) is 0 Å². The molecule has 0 N–H and O–H groups in total. The van der Waals surface area contributed by atoms with E-state index in [0.29, 0.717) is 19.4 Å². The van der Waals surface area contributed by atoms with Gasteiger partial charge >= 0.3 is 0 Å². The molecule has 0 aromatic carbocycles. The van der Waals surface area contributed by atoms with Crippen molar-refractivity contribution >= 4 is 15.7 Å². The lowest BCUT2D eigenvalue weighted by Gasteiger charge is -2.38. The van der Waals surface area contributed by atoms with Gasteiger partial charge in [0.1, 0.15) is 24.9 Å². The van der Waals surface area contributed by atoms with E-state index < -0.39 is 27.9 Å². The topological polar surface area (TPSA) is 70.8 Å². The van der Waals surface area contributed by atoms with Crippen LogP contribution >= 0.6 is 15.7 Å². The van der Waals surface area contributed by atoms with Crippen molar-refractivity contribution < 1.29 is 27.8 Å². The Morgan fingerprint density at radius 3 is 2.31 bits per heavy atom.